The van der Waals surface area contributed by atoms with E-state index in [1.807, 2.05) is 6.07 Å². The Balaban J connectivity index is 2.20. The minimum atomic E-state index is 0.791. The molecule has 3 heteroatoms. The molecule has 0 aromatic heterocycles. The summed E-state index contributed by atoms with van der Waals surface area (Å²) in [6, 6.07) is 8.33. The maximum absolute atomic E-state index is 5.62. The number of ether oxygens (including phenoxy) is 1. The van der Waals surface area contributed by atoms with E-state index in [1.165, 1.54) is 12.0 Å². The van der Waals surface area contributed by atoms with Crippen molar-refractivity contribution in [1.82, 2.24) is 10.6 Å². The third-order valence-corrected chi connectivity index (χ3v) is 2.66. The van der Waals surface area contributed by atoms with Crippen LogP contribution in [0.2, 0.25) is 0 Å². The molecule has 102 valence electrons. The van der Waals surface area contributed by atoms with Gasteiger partial charge >= 0.3 is 0 Å². The number of hydrogen-bond donors (Lipinski definition) is 2. The van der Waals surface area contributed by atoms with Crippen molar-refractivity contribution in [1.29, 1.82) is 0 Å². The Morgan fingerprint density at radius 2 is 1.94 bits per heavy atom. The highest BCUT2D eigenvalue weighted by Crippen LogP contribution is 2.13. The molecule has 1 aromatic carbocycles. The van der Waals surface area contributed by atoms with E-state index in [-0.39, 0.29) is 0 Å². The van der Waals surface area contributed by atoms with Gasteiger partial charge in [0.15, 0.2) is 0 Å². The Bertz CT molecular complexity index is 315. The first kappa shape index (κ1) is 15.0. The average Bonchev–Trinajstić information content (AvgIpc) is 2.41. The van der Waals surface area contributed by atoms with Gasteiger partial charge in [-0.25, -0.2) is 0 Å². The second-order valence-electron chi connectivity index (χ2n) is 4.38. The summed E-state index contributed by atoms with van der Waals surface area (Å²) in [5.41, 5.74) is 1.28. The number of nitrogens with one attached hydrogen (secondary N) is 2. The first-order chi connectivity index (χ1) is 8.86. The summed E-state index contributed by atoms with van der Waals surface area (Å²) in [5.74, 6) is 0.976. The molecule has 1 rings (SSSR count). The smallest absolute Gasteiger partial charge is 0.119 e. The summed E-state index contributed by atoms with van der Waals surface area (Å²) >= 11 is 0. The Kier molecular flexibility index (Phi) is 8.26. The van der Waals surface area contributed by atoms with Crippen LogP contribution in [0, 0.1) is 0 Å². The monoisotopic (exact) mass is 250 g/mol. The minimum Gasteiger partial charge on any atom is -0.494 e. The van der Waals surface area contributed by atoms with Gasteiger partial charge in [0, 0.05) is 6.54 Å². The zero-order chi connectivity index (χ0) is 13.1. The van der Waals surface area contributed by atoms with E-state index in [1.54, 1.807) is 0 Å². The van der Waals surface area contributed by atoms with E-state index in [4.69, 9.17) is 4.74 Å². The molecular weight excluding hydrogens is 224 g/mol. The van der Waals surface area contributed by atoms with Crippen molar-refractivity contribution in [2.75, 3.05) is 26.2 Å². The van der Waals surface area contributed by atoms with Crippen LogP contribution in [0.15, 0.2) is 24.3 Å². The Morgan fingerprint density at radius 1 is 1.11 bits per heavy atom. The molecule has 0 fully saturated rings. The fourth-order valence-electron chi connectivity index (χ4n) is 1.71. The van der Waals surface area contributed by atoms with Crippen LogP contribution in [0.4, 0.5) is 0 Å². The molecule has 1 aromatic rings. The molecule has 0 aliphatic rings. The standard InChI is InChI=1S/C15H26N2O/c1-3-11-18-15-8-5-7-14(12-15)13-17-10-6-9-16-4-2/h5,7-8,12,16-17H,3-4,6,9-11,13H2,1-2H3. The van der Waals surface area contributed by atoms with Gasteiger partial charge in [-0.15, -0.1) is 0 Å². The van der Waals surface area contributed by atoms with Crippen LogP contribution >= 0.6 is 0 Å². The predicted octanol–water partition coefficient (Wildman–Crippen LogP) is 2.56. The maximum atomic E-state index is 5.62. The lowest BCUT2D eigenvalue weighted by Gasteiger charge is -2.08. The lowest BCUT2D eigenvalue weighted by atomic mass is 10.2. The number of hydrogen-bond acceptors (Lipinski definition) is 3. The largest absolute Gasteiger partial charge is 0.494 e. The maximum Gasteiger partial charge on any atom is 0.119 e. The highest BCUT2D eigenvalue weighted by molar-refractivity contribution is 5.28. The fourth-order valence-corrected chi connectivity index (χ4v) is 1.71. The van der Waals surface area contributed by atoms with Crippen molar-refractivity contribution in [3.05, 3.63) is 29.8 Å². The molecule has 0 aliphatic carbocycles. The average molecular weight is 250 g/mol. The van der Waals surface area contributed by atoms with Crippen molar-refractivity contribution in [3.63, 3.8) is 0 Å². The lowest BCUT2D eigenvalue weighted by molar-refractivity contribution is 0.317. The van der Waals surface area contributed by atoms with Crippen molar-refractivity contribution in [2.45, 2.75) is 33.2 Å². The van der Waals surface area contributed by atoms with Crippen LogP contribution in [0.1, 0.15) is 32.3 Å². The van der Waals surface area contributed by atoms with Gasteiger partial charge in [0.2, 0.25) is 0 Å². The molecule has 0 bridgehead atoms. The zero-order valence-electron chi connectivity index (χ0n) is 11.7. The molecule has 18 heavy (non-hydrogen) atoms. The summed E-state index contributed by atoms with van der Waals surface area (Å²) in [6.45, 7) is 9.15. The van der Waals surface area contributed by atoms with Gasteiger partial charge in [0.25, 0.3) is 0 Å². The van der Waals surface area contributed by atoms with E-state index in [0.717, 1.165) is 45.0 Å². The molecule has 0 spiro atoms. The Morgan fingerprint density at radius 3 is 2.72 bits per heavy atom. The molecule has 0 aliphatic heterocycles. The highest BCUT2D eigenvalue weighted by Gasteiger charge is 1.96. The van der Waals surface area contributed by atoms with Gasteiger partial charge in [-0.2, -0.15) is 0 Å². The zero-order valence-corrected chi connectivity index (χ0v) is 11.7. The fraction of sp³-hybridized carbons (Fsp3) is 0.600. The molecule has 0 amide bonds. The van der Waals surface area contributed by atoms with Crippen LogP contribution in [0.5, 0.6) is 5.75 Å². The van der Waals surface area contributed by atoms with Gasteiger partial charge in [0.1, 0.15) is 5.75 Å². The topological polar surface area (TPSA) is 33.3 Å². The number of rotatable bonds is 10. The van der Waals surface area contributed by atoms with Crippen LogP contribution in [-0.2, 0) is 6.54 Å². The summed E-state index contributed by atoms with van der Waals surface area (Å²) in [6.07, 6.45) is 2.22. The van der Waals surface area contributed by atoms with E-state index >= 15 is 0 Å². The van der Waals surface area contributed by atoms with E-state index in [2.05, 4.69) is 42.7 Å². The third kappa shape index (κ3) is 6.62. The molecule has 0 saturated heterocycles. The van der Waals surface area contributed by atoms with Crippen LogP contribution < -0.4 is 15.4 Å². The lowest BCUT2D eigenvalue weighted by Crippen LogP contribution is -2.21. The molecule has 0 radical (unpaired) electrons. The summed E-state index contributed by atoms with van der Waals surface area (Å²) < 4.78 is 5.62. The van der Waals surface area contributed by atoms with Gasteiger partial charge in [-0.3, -0.25) is 0 Å². The van der Waals surface area contributed by atoms with Gasteiger partial charge in [0.05, 0.1) is 6.61 Å². The first-order valence-corrected chi connectivity index (χ1v) is 7.00. The highest BCUT2D eigenvalue weighted by atomic mass is 16.5. The van der Waals surface area contributed by atoms with Crippen LogP contribution in [0.25, 0.3) is 0 Å². The van der Waals surface area contributed by atoms with Crippen molar-refractivity contribution < 1.29 is 4.74 Å². The second-order valence-corrected chi connectivity index (χ2v) is 4.38. The van der Waals surface area contributed by atoms with E-state index in [9.17, 15) is 0 Å². The molecule has 0 atom stereocenters. The van der Waals surface area contributed by atoms with Crippen molar-refractivity contribution in [2.24, 2.45) is 0 Å². The Labute approximate surface area is 111 Å². The van der Waals surface area contributed by atoms with Crippen LogP contribution in [0.3, 0.4) is 0 Å². The summed E-state index contributed by atoms with van der Waals surface area (Å²) in [5, 5.41) is 6.77. The van der Waals surface area contributed by atoms with Crippen molar-refractivity contribution in [3.8, 4) is 5.75 Å². The van der Waals surface area contributed by atoms with Gasteiger partial charge in [-0.05, 0) is 50.2 Å². The van der Waals surface area contributed by atoms with Crippen molar-refractivity contribution >= 4 is 0 Å². The summed E-state index contributed by atoms with van der Waals surface area (Å²) in [7, 11) is 0. The molecule has 0 saturated carbocycles. The number of benzene rings is 1. The summed E-state index contributed by atoms with van der Waals surface area (Å²) in [4.78, 5) is 0. The minimum absolute atomic E-state index is 0.791. The van der Waals surface area contributed by atoms with E-state index in [0.29, 0.717) is 0 Å². The molecule has 0 heterocycles. The molecule has 2 N–H and O–H groups in total. The van der Waals surface area contributed by atoms with Crippen LogP contribution in [-0.4, -0.2) is 26.2 Å². The van der Waals surface area contributed by atoms with E-state index < -0.39 is 0 Å². The first-order valence-electron chi connectivity index (χ1n) is 7.00. The second kappa shape index (κ2) is 9.92. The molecule has 3 nitrogen and oxygen atoms in total. The quantitative estimate of drug-likeness (QED) is 0.626. The van der Waals surface area contributed by atoms with Gasteiger partial charge in [-0.1, -0.05) is 26.0 Å². The third-order valence-electron chi connectivity index (χ3n) is 2.66. The Hall–Kier alpha value is -1.06. The SMILES string of the molecule is CCCOc1cccc(CNCCCNCC)c1. The predicted molar refractivity (Wildman–Crippen MR) is 77.1 cm³/mol. The molecular formula is C15H26N2O. The normalized spacial score (nSPS) is 10.6. The van der Waals surface area contributed by atoms with Gasteiger partial charge < -0.3 is 15.4 Å². The molecule has 0 unspecified atom stereocenters.